The van der Waals surface area contributed by atoms with E-state index in [0.29, 0.717) is 18.2 Å². The van der Waals surface area contributed by atoms with Crippen LogP contribution in [0.3, 0.4) is 0 Å². The SMILES string of the molecule is CC(C)(C)[Si](C)(C)OCc1ccnc(OCCc2[nH]c(=O)ccc2C(=O)O)c1. The second kappa shape index (κ2) is 8.70. The normalized spacial score (nSPS) is 12.0. The van der Waals surface area contributed by atoms with E-state index >= 15 is 0 Å². The van der Waals surface area contributed by atoms with Gasteiger partial charge in [-0.25, -0.2) is 9.78 Å². The number of aromatic amines is 1. The summed E-state index contributed by atoms with van der Waals surface area (Å²) in [5.74, 6) is -0.652. The average Bonchev–Trinajstić information content (AvgIpc) is 2.59. The van der Waals surface area contributed by atoms with Crippen LogP contribution in [0.5, 0.6) is 5.88 Å². The van der Waals surface area contributed by atoms with Gasteiger partial charge >= 0.3 is 5.97 Å². The van der Waals surface area contributed by atoms with Gasteiger partial charge in [0.25, 0.3) is 0 Å². The number of aromatic nitrogens is 2. The molecule has 2 N–H and O–H groups in total. The van der Waals surface area contributed by atoms with Gasteiger partial charge in [-0.1, -0.05) is 20.8 Å². The lowest BCUT2D eigenvalue weighted by atomic mass is 10.1. The van der Waals surface area contributed by atoms with Crippen molar-refractivity contribution in [2.24, 2.45) is 0 Å². The van der Waals surface area contributed by atoms with Crippen LogP contribution in [0.4, 0.5) is 0 Å². The lowest BCUT2D eigenvalue weighted by Gasteiger charge is -2.36. The lowest BCUT2D eigenvalue weighted by Crippen LogP contribution is -2.40. The van der Waals surface area contributed by atoms with Gasteiger partial charge in [0.1, 0.15) is 0 Å². The molecule has 0 unspecified atom stereocenters. The van der Waals surface area contributed by atoms with E-state index in [1.807, 2.05) is 12.1 Å². The zero-order valence-electron chi connectivity index (χ0n) is 17.0. The molecule has 8 heteroatoms. The molecule has 0 fully saturated rings. The van der Waals surface area contributed by atoms with Crippen molar-refractivity contribution in [3.05, 3.63) is 57.6 Å². The maximum Gasteiger partial charge on any atom is 0.337 e. The number of nitrogens with one attached hydrogen (secondary N) is 1. The molecule has 2 heterocycles. The number of rotatable bonds is 8. The summed E-state index contributed by atoms with van der Waals surface area (Å²) in [6.07, 6.45) is 1.91. The lowest BCUT2D eigenvalue weighted by molar-refractivity contribution is 0.0695. The van der Waals surface area contributed by atoms with E-state index in [9.17, 15) is 14.7 Å². The molecular weight excluding hydrogens is 376 g/mol. The van der Waals surface area contributed by atoms with Crippen LogP contribution in [0, 0.1) is 0 Å². The Morgan fingerprint density at radius 1 is 1.25 bits per heavy atom. The summed E-state index contributed by atoms with van der Waals surface area (Å²) in [6, 6.07) is 6.20. The summed E-state index contributed by atoms with van der Waals surface area (Å²) in [4.78, 5) is 29.4. The molecule has 152 valence electrons. The largest absolute Gasteiger partial charge is 0.478 e. The van der Waals surface area contributed by atoms with Crippen molar-refractivity contribution >= 4 is 14.3 Å². The third-order valence-corrected chi connectivity index (χ3v) is 9.52. The van der Waals surface area contributed by atoms with Crippen LogP contribution >= 0.6 is 0 Å². The number of carboxylic acid groups (broad SMARTS) is 1. The van der Waals surface area contributed by atoms with Crippen molar-refractivity contribution in [3.63, 3.8) is 0 Å². The molecule has 0 radical (unpaired) electrons. The summed E-state index contributed by atoms with van der Waals surface area (Å²) >= 11 is 0. The van der Waals surface area contributed by atoms with Crippen LogP contribution < -0.4 is 10.3 Å². The number of aromatic carboxylic acids is 1. The average molecular weight is 405 g/mol. The number of ether oxygens (including phenoxy) is 1. The van der Waals surface area contributed by atoms with Crippen molar-refractivity contribution in [3.8, 4) is 5.88 Å². The van der Waals surface area contributed by atoms with Crippen molar-refractivity contribution in [2.75, 3.05) is 6.61 Å². The third kappa shape index (κ3) is 5.77. The van der Waals surface area contributed by atoms with Crippen LogP contribution in [-0.4, -0.2) is 36.0 Å². The van der Waals surface area contributed by atoms with Crippen molar-refractivity contribution in [1.29, 1.82) is 0 Å². The monoisotopic (exact) mass is 404 g/mol. The zero-order valence-corrected chi connectivity index (χ0v) is 18.0. The van der Waals surface area contributed by atoms with E-state index in [1.165, 1.54) is 12.1 Å². The van der Waals surface area contributed by atoms with Crippen LogP contribution in [0.1, 0.15) is 42.4 Å². The minimum absolute atomic E-state index is 0.0627. The first-order chi connectivity index (χ1) is 13.0. The number of hydrogen-bond acceptors (Lipinski definition) is 5. The molecule has 0 saturated heterocycles. The topological polar surface area (TPSA) is 102 Å². The van der Waals surface area contributed by atoms with Gasteiger partial charge in [0, 0.05) is 30.4 Å². The minimum Gasteiger partial charge on any atom is -0.478 e. The highest BCUT2D eigenvalue weighted by molar-refractivity contribution is 6.74. The number of nitrogens with zero attached hydrogens (tertiary/aromatic N) is 1. The summed E-state index contributed by atoms with van der Waals surface area (Å²) in [5.41, 5.74) is 1.02. The highest BCUT2D eigenvalue weighted by atomic mass is 28.4. The Bertz CT molecular complexity index is 887. The maximum absolute atomic E-state index is 11.5. The highest BCUT2D eigenvalue weighted by Gasteiger charge is 2.37. The van der Waals surface area contributed by atoms with Gasteiger partial charge in [0.2, 0.25) is 11.4 Å². The Morgan fingerprint density at radius 3 is 2.61 bits per heavy atom. The van der Waals surface area contributed by atoms with E-state index in [4.69, 9.17) is 9.16 Å². The predicted octanol–water partition coefficient (Wildman–Crippen LogP) is 3.61. The fraction of sp³-hybridized carbons (Fsp3) is 0.450. The molecule has 0 bridgehead atoms. The van der Waals surface area contributed by atoms with Gasteiger partial charge < -0.3 is 19.3 Å². The van der Waals surface area contributed by atoms with Gasteiger partial charge in [-0.2, -0.15) is 0 Å². The van der Waals surface area contributed by atoms with Crippen LogP contribution in [0.2, 0.25) is 18.1 Å². The Labute approximate surface area is 165 Å². The predicted molar refractivity (Wildman–Crippen MR) is 109 cm³/mol. The van der Waals surface area contributed by atoms with Crippen molar-refractivity contribution in [1.82, 2.24) is 9.97 Å². The molecule has 28 heavy (non-hydrogen) atoms. The first-order valence-corrected chi connectivity index (χ1v) is 12.1. The second-order valence-corrected chi connectivity index (χ2v) is 13.0. The maximum atomic E-state index is 11.5. The van der Waals surface area contributed by atoms with Crippen LogP contribution in [0.15, 0.2) is 35.3 Å². The van der Waals surface area contributed by atoms with Gasteiger partial charge in [-0.05, 0) is 35.8 Å². The molecule has 0 aliphatic carbocycles. The molecule has 0 atom stereocenters. The molecule has 0 saturated carbocycles. The summed E-state index contributed by atoms with van der Waals surface area (Å²) in [7, 11) is -1.85. The van der Waals surface area contributed by atoms with Crippen molar-refractivity contribution in [2.45, 2.75) is 51.9 Å². The second-order valence-electron chi connectivity index (χ2n) is 8.17. The Balaban J connectivity index is 1.98. The zero-order chi connectivity index (χ0) is 20.9. The highest BCUT2D eigenvalue weighted by Crippen LogP contribution is 2.37. The molecule has 0 amide bonds. The number of pyridine rings is 2. The minimum atomic E-state index is -1.85. The Kier molecular flexibility index (Phi) is 6.79. The van der Waals surface area contributed by atoms with E-state index in [-0.39, 0.29) is 29.2 Å². The molecule has 2 aromatic rings. The summed E-state index contributed by atoms with van der Waals surface area (Å²) in [6.45, 7) is 11.7. The quantitative estimate of drug-likeness (QED) is 0.652. The molecule has 0 aliphatic heterocycles. The Morgan fingerprint density at radius 2 is 1.96 bits per heavy atom. The Hall–Kier alpha value is -2.45. The van der Waals surface area contributed by atoms with Gasteiger partial charge in [0.05, 0.1) is 18.8 Å². The third-order valence-electron chi connectivity index (χ3n) is 5.04. The van der Waals surface area contributed by atoms with E-state index < -0.39 is 14.3 Å². The first-order valence-electron chi connectivity index (χ1n) is 9.17. The molecular formula is C20H28N2O5Si. The van der Waals surface area contributed by atoms with E-state index in [0.717, 1.165) is 5.56 Å². The van der Waals surface area contributed by atoms with Gasteiger partial charge in [-0.3, -0.25) is 4.79 Å². The molecule has 7 nitrogen and oxygen atoms in total. The van der Waals surface area contributed by atoms with E-state index in [2.05, 4.69) is 43.8 Å². The number of hydrogen-bond donors (Lipinski definition) is 2. The smallest absolute Gasteiger partial charge is 0.337 e. The molecule has 2 rings (SSSR count). The number of carboxylic acids is 1. The number of H-pyrrole nitrogens is 1. The van der Waals surface area contributed by atoms with Crippen LogP contribution in [0.25, 0.3) is 0 Å². The van der Waals surface area contributed by atoms with Crippen molar-refractivity contribution < 1.29 is 19.1 Å². The van der Waals surface area contributed by atoms with E-state index in [1.54, 1.807) is 6.20 Å². The standard InChI is InChI=1S/C20H28N2O5Si/c1-20(2,3)28(4,5)27-13-14-8-10-21-18(12-14)26-11-9-16-15(19(24)25)6-7-17(23)22-16/h6-8,10,12H,9,11,13H2,1-5H3,(H,22,23)(H,24,25). The van der Waals surface area contributed by atoms with Crippen LogP contribution in [-0.2, 0) is 17.5 Å². The number of carbonyl (C=O) groups is 1. The molecule has 0 aromatic carbocycles. The molecule has 0 aliphatic rings. The fourth-order valence-electron chi connectivity index (χ4n) is 2.27. The first kappa shape index (κ1) is 21.8. The molecule has 0 spiro atoms. The van der Waals surface area contributed by atoms with Gasteiger partial charge in [-0.15, -0.1) is 0 Å². The van der Waals surface area contributed by atoms with Gasteiger partial charge in [0.15, 0.2) is 8.32 Å². The summed E-state index contributed by atoms with van der Waals surface area (Å²) in [5, 5.41) is 9.34. The summed E-state index contributed by atoms with van der Waals surface area (Å²) < 4.78 is 11.9. The molecule has 2 aromatic heterocycles. The fourth-order valence-corrected chi connectivity index (χ4v) is 3.23.